The summed E-state index contributed by atoms with van der Waals surface area (Å²) in [5.74, 6) is 0.733. The van der Waals surface area contributed by atoms with E-state index in [-0.39, 0.29) is 0 Å². The summed E-state index contributed by atoms with van der Waals surface area (Å²) < 4.78 is 0. The summed E-state index contributed by atoms with van der Waals surface area (Å²) in [6, 6.07) is 4.30. The van der Waals surface area contributed by atoms with Crippen LogP contribution in [0.4, 0.5) is 0 Å². The van der Waals surface area contributed by atoms with Crippen LogP contribution in [-0.2, 0) is 13.0 Å². The number of nitrogens with zero attached hydrogens (tertiary/aromatic N) is 3. The quantitative estimate of drug-likeness (QED) is 0.939. The Morgan fingerprint density at radius 2 is 2.19 bits per heavy atom. The lowest BCUT2D eigenvalue weighted by Gasteiger charge is -2.32. The largest absolute Gasteiger partial charge is 0.299 e. The van der Waals surface area contributed by atoms with Crippen molar-refractivity contribution < 1.29 is 0 Å². The maximum atomic E-state index is 4.40. The van der Waals surface area contributed by atoms with Gasteiger partial charge in [0.05, 0.1) is 6.20 Å². The predicted octanol–water partition coefficient (Wildman–Crippen LogP) is 2.88. The van der Waals surface area contributed by atoms with Crippen molar-refractivity contribution in [3.63, 3.8) is 0 Å². The average molecular weight is 284 g/mol. The van der Waals surface area contributed by atoms with Crippen LogP contribution in [0.25, 0.3) is 0 Å². The molecular formula is C17H24N4. The third-order valence-corrected chi connectivity index (χ3v) is 4.41. The Labute approximate surface area is 126 Å². The highest BCUT2D eigenvalue weighted by molar-refractivity contribution is 5.15. The van der Waals surface area contributed by atoms with E-state index in [9.17, 15) is 0 Å². The molecule has 1 atom stereocenters. The first-order valence-electron chi connectivity index (χ1n) is 7.83. The molecule has 112 valence electrons. The average Bonchev–Trinajstić information content (AvgIpc) is 2.87. The van der Waals surface area contributed by atoms with Crippen LogP contribution in [0.1, 0.15) is 35.4 Å². The molecule has 3 rings (SSSR count). The number of H-pyrrole nitrogens is 1. The van der Waals surface area contributed by atoms with E-state index in [0.29, 0.717) is 0 Å². The third-order valence-electron chi connectivity index (χ3n) is 4.41. The molecule has 0 unspecified atom stereocenters. The molecular weight excluding hydrogens is 260 g/mol. The number of likely N-dealkylation sites (tertiary alicyclic amines) is 1. The van der Waals surface area contributed by atoms with Gasteiger partial charge in [-0.05, 0) is 62.8 Å². The van der Waals surface area contributed by atoms with Crippen molar-refractivity contribution in [2.75, 3.05) is 13.1 Å². The molecule has 3 heterocycles. The van der Waals surface area contributed by atoms with Crippen LogP contribution in [0.15, 0.2) is 24.5 Å². The minimum absolute atomic E-state index is 0.733. The van der Waals surface area contributed by atoms with Gasteiger partial charge >= 0.3 is 0 Å². The molecule has 0 aliphatic carbocycles. The highest BCUT2D eigenvalue weighted by Gasteiger charge is 2.21. The molecule has 21 heavy (non-hydrogen) atoms. The molecule has 1 aliphatic rings. The molecule has 1 fully saturated rings. The fourth-order valence-electron chi connectivity index (χ4n) is 3.18. The van der Waals surface area contributed by atoms with Gasteiger partial charge in [-0.25, -0.2) is 0 Å². The Kier molecular flexibility index (Phi) is 4.34. The summed E-state index contributed by atoms with van der Waals surface area (Å²) in [6.07, 6.45) is 7.67. The number of nitrogens with one attached hydrogen (secondary N) is 1. The van der Waals surface area contributed by atoms with Crippen molar-refractivity contribution in [3.05, 3.63) is 47.0 Å². The second-order valence-electron chi connectivity index (χ2n) is 6.29. The minimum atomic E-state index is 0.733. The van der Waals surface area contributed by atoms with Crippen LogP contribution in [0.2, 0.25) is 0 Å². The Morgan fingerprint density at radius 3 is 2.90 bits per heavy atom. The van der Waals surface area contributed by atoms with Gasteiger partial charge in [0.1, 0.15) is 0 Å². The molecule has 0 aromatic carbocycles. The predicted molar refractivity (Wildman–Crippen MR) is 84.0 cm³/mol. The molecule has 0 amide bonds. The van der Waals surface area contributed by atoms with Crippen LogP contribution in [0.3, 0.4) is 0 Å². The van der Waals surface area contributed by atoms with Gasteiger partial charge in [-0.2, -0.15) is 5.10 Å². The summed E-state index contributed by atoms with van der Waals surface area (Å²) in [5.41, 5.74) is 5.00. The normalized spacial score (nSPS) is 19.8. The van der Waals surface area contributed by atoms with Gasteiger partial charge in [-0.1, -0.05) is 6.07 Å². The Morgan fingerprint density at radius 1 is 1.29 bits per heavy atom. The third kappa shape index (κ3) is 3.70. The highest BCUT2D eigenvalue weighted by Crippen LogP contribution is 2.22. The molecule has 0 saturated carbocycles. The van der Waals surface area contributed by atoms with Crippen molar-refractivity contribution in [3.8, 4) is 0 Å². The van der Waals surface area contributed by atoms with E-state index in [4.69, 9.17) is 0 Å². The molecule has 4 nitrogen and oxygen atoms in total. The van der Waals surface area contributed by atoms with Crippen LogP contribution >= 0.6 is 0 Å². The van der Waals surface area contributed by atoms with Crippen molar-refractivity contribution in [2.45, 2.75) is 39.7 Å². The molecule has 1 saturated heterocycles. The van der Waals surface area contributed by atoms with Gasteiger partial charge in [0.15, 0.2) is 0 Å². The van der Waals surface area contributed by atoms with Crippen LogP contribution in [0.5, 0.6) is 0 Å². The maximum absolute atomic E-state index is 4.40. The standard InChI is InChI=1S/C17H24N4/c1-13-9-19-20-17(13)8-15-4-3-7-21(11-15)12-16-6-5-14(2)18-10-16/h5-6,9-10,15H,3-4,7-8,11-12H2,1-2H3,(H,19,20)/t15-/m1/s1. The topological polar surface area (TPSA) is 44.8 Å². The van der Waals surface area contributed by atoms with E-state index in [0.717, 1.165) is 24.6 Å². The van der Waals surface area contributed by atoms with Crippen molar-refractivity contribution in [2.24, 2.45) is 5.92 Å². The van der Waals surface area contributed by atoms with Crippen molar-refractivity contribution in [1.29, 1.82) is 0 Å². The summed E-state index contributed by atoms with van der Waals surface area (Å²) in [4.78, 5) is 6.96. The van der Waals surface area contributed by atoms with E-state index in [1.807, 2.05) is 19.3 Å². The first-order valence-corrected chi connectivity index (χ1v) is 7.83. The van der Waals surface area contributed by atoms with E-state index in [1.54, 1.807) is 0 Å². The van der Waals surface area contributed by atoms with Crippen LogP contribution in [0, 0.1) is 19.8 Å². The van der Waals surface area contributed by atoms with E-state index >= 15 is 0 Å². The SMILES string of the molecule is Cc1ccc(CN2CCC[C@H](Cc3[nH]ncc3C)C2)cn1. The van der Waals surface area contributed by atoms with Gasteiger partial charge in [0.2, 0.25) is 0 Å². The summed E-state index contributed by atoms with van der Waals surface area (Å²) in [5, 5.41) is 7.28. The number of hydrogen-bond donors (Lipinski definition) is 1. The van der Waals surface area contributed by atoms with Gasteiger partial charge in [-0.15, -0.1) is 0 Å². The number of aryl methyl sites for hydroxylation is 2. The monoisotopic (exact) mass is 284 g/mol. The zero-order valence-electron chi connectivity index (χ0n) is 13.0. The fraction of sp³-hybridized carbons (Fsp3) is 0.529. The number of pyridine rings is 1. The zero-order valence-corrected chi connectivity index (χ0v) is 13.0. The molecule has 2 aromatic heterocycles. The number of hydrogen-bond acceptors (Lipinski definition) is 3. The Balaban J connectivity index is 1.58. The number of aromatic nitrogens is 3. The molecule has 2 aromatic rings. The smallest absolute Gasteiger partial charge is 0.0519 e. The van der Waals surface area contributed by atoms with Crippen molar-refractivity contribution >= 4 is 0 Å². The zero-order chi connectivity index (χ0) is 14.7. The second-order valence-corrected chi connectivity index (χ2v) is 6.29. The van der Waals surface area contributed by atoms with Crippen LogP contribution in [-0.4, -0.2) is 33.2 Å². The van der Waals surface area contributed by atoms with Gasteiger partial charge < -0.3 is 0 Å². The molecule has 1 aliphatic heterocycles. The first-order chi connectivity index (χ1) is 10.2. The molecule has 0 radical (unpaired) electrons. The Bertz CT molecular complexity index is 573. The highest BCUT2D eigenvalue weighted by atomic mass is 15.1. The molecule has 1 N–H and O–H groups in total. The summed E-state index contributed by atoms with van der Waals surface area (Å²) in [6.45, 7) is 7.56. The van der Waals surface area contributed by atoms with Gasteiger partial charge in [-0.3, -0.25) is 15.0 Å². The van der Waals surface area contributed by atoms with Crippen LogP contribution < -0.4 is 0 Å². The molecule has 0 bridgehead atoms. The van der Waals surface area contributed by atoms with Gasteiger partial charge in [0, 0.05) is 30.7 Å². The number of piperidine rings is 1. The van der Waals surface area contributed by atoms with E-state index in [1.165, 1.54) is 42.8 Å². The molecule has 0 spiro atoms. The number of rotatable bonds is 4. The lowest BCUT2D eigenvalue weighted by molar-refractivity contribution is 0.166. The van der Waals surface area contributed by atoms with Crippen molar-refractivity contribution in [1.82, 2.24) is 20.1 Å². The lowest BCUT2D eigenvalue weighted by Crippen LogP contribution is -2.35. The Hall–Kier alpha value is -1.68. The van der Waals surface area contributed by atoms with E-state index in [2.05, 4.69) is 39.1 Å². The summed E-state index contributed by atoms with van der Waals surface area (Å²) >= 11 is 0. The molecule has 4 heteroatoms. The van der Waals surface area contributed by atoms with Gasteiger partial charge in [0.25, 0.3) is 0 Å². The number of aromatic amines is 1. The minimum Gasteiger partial charge on any atom is -0.299 e. The lowest BCUT2D eigenvalue weighted by atomic mass is 9.92. The maximum Gasteiger partial charge on any atom is 0.0519 e. The fourth-order valence-corrected chi connectivity index (χ4v) is 3.18. The van der Waals surface area contributed by atoms with E-state index < -0.39 is 0 Å². The first kappa shape index (κ1) is 14.3. The second kappa shape index (κ2) is 6.39. The summed E-state index contributed by atoms with van der Waals surface area (Å²) in [7, 11) is 0.